The minimum absolute atomic E-state index is 0.0265. The third kappa shape index (κ3) is 4.12. The predicted molar refractivity (Wildman–Crippen MR) is 89.0 cm³/mol. The summed E-state index contributed by atoms with van der Waals surface area (Å²) in [5.74, 6) is 0.699. The van der Waals surface area contributed by atoms with Crippen LogP contribution in [0.1, 0.15) is 31.9 Å². The zero-order valence-corrected chi connectivity index (χ0v) is 14.7. The number of esters is 1. The maximum Gasteiger partial charge on any atom is 0.335 e. The summed E-state index contributed by atoms with van der Waals surface area (Å²) in [6.07, 6.45) is 0.362. The molecule has 0 aliphatic carbocycles. The molecule has 0 N–H and O–H groups in total. The van der Waals surface area contributed by atoms with Gasteiger partial charge in [0.25, 0.3) is 0 Å². The van der Waals surface area contributed by atoms with Crippen LogP contribution in [0.3, 0.4) is 0 Å². The van der Waals surface area contributed by atoms with Gasteiger partial charge in [-0.1, -0.05) is 45.0 Å². The number of ether oxygens (including phenoxy) is 3. The first kappa shape index (κ1) is 18.0. The van der Waals surface area contributed by atoms with Crippen molar-refractivity contribution in [3.05, 3.63) is 35.4 Å². The lowest BCUT2D eigenvalue weighted by Gasteiger charge is -2.42. The summed E-state index contributed by atoms with van der Waals surface area (Å²) in [5.41, 5.74) is 2.37. The largest absolute Gasteiger partial charge is 0.467 e. The lowest BCUT2D eigenvalue weighted by molar-refractivity contribution is -0.181. The van der Waals surface area contributed by atoms with Gasteiger partial charge in [-0.05, 0) is 35.3 Å². The van der Waals surface area contributed by atoms with Gasteiger partial charge >= 0.3 is 5.97 Å². The van der Waals surface area contributed by atoms with E-state index in [1.165, 1.54) is 12.7 Å². The summed E-state index contributed by atoms with van der Waals surface area (Å²) in [6.45, 7) is 7.09. The third-order valence-corrected chi connectivity index (χ3v) is 5.25. The van der Waals surface area contributed by atoms with Crippen molar-refractivity contribution >= 4 is 5.97 Å². The van der Waals surface area contributed by atoms with Gasteiger partial charge < -0.3 is 14.2 Å². The lowest BCUT2D eigenvalue weighted by atomic mass is 9.75. The molecule has 1 heterocycles. The number of hydrogen-bond acceptors (Lipinski definition) is 4. The Kier molecular flexibility index (Phi) is 6.19. The fourth-order valence-electron chi connectivity index (χ4n) is 3.32. The molecule has 1 aliphatic rings. The van der Waals surface area contributed by atoms with Gasteiger partial charge in [0.15, 0.2) is 6.10 Å². The molecule has 0 aromatic heterocycles. The van der Waals surface area contributed by atoms with Crippen molar-refractivity contribution in [1.82, 2.24) is 0 Å². The van der Waals surface area contributed by atoms with Crippen LogP contribution in [0.4, 0.5) is 0 Å². The molecule has 1 aliphatic heterocycles. The van der Waals surface area contributed by atoms with E-state index in [1.54, 1.807) is 7.11 Å². The highest BCUT2D eigenvalue weighted by Crippen LogP contribution is 2.36. The Hall–Kier alpha value is -1.39. The second-order valence-corrected chi connectivity index (χ2v) is 6.65. The zero-order chi connectivity index (χ0) is 17.0. The zero-order valence-electron chi connectivity index (χ0n) is 14.7. The standard InChI is InChI=1S/C19H28O4/c1-12-13(2)17(23-18(14(12)3)19(20)22-5)10-15-6-8-16(9-7-15)11-21-4/h6-9,12-14,17-18H,10-11H2,1-5H3/t12-,13?,14-,17+,18?/m1/s1. The molecule has 5 atom stereocenters. The molecule has 23 heavy (non-hydrogen) atoms. The van der Waals surface area contributed by atoms with Gasteiger partial charge in [0.1, 0.15) is 0 Å². The molecule has 128 valence electrons. The molecular formula is C19H28O4. The van der Waals surface area contributed by atoms with E-state index >= 15 is 0 Å². The fraction of sp³-hybridized carbons (Fsp3) is 0.632. The van der Waals surface area contributed by atoms with Crippen molar-refractivity contribution in [1.29, 1.82) is 0 Å². The Balaban J connectivity index is 2.09. The topological polar surface area (TPSA) is 44.8 Å². The maximum absolute atomic E-state index is 12.0. The predicted octanol–water partition coefficient (Wildman–Crippen LogP) is 3.22. The van der Waals surface area contributed by atoms with E-state index in [-0.39, 0.29) is 18.0 Å². The van der Waals surface area contributed by atoms with E-state index in [4.69, 9.17) is 14.2 Å². The Morgan fingerprint density at radius 2 is 1.61 bits per heavy atom. The van der Waals surface area contributed by atoms with Crippen LogP contribution in [-0.4, -0.2) is 32.4 Å². The average molecular weight is 320 g/mol. The molecule has 1 aromatic carbocycles. The second-order valence-electron chi connectivity index (χ2n) is 6.65. The van der Waals surface area contributed by atoms with Crippen molar-refractivity contribution in [2.75, 3.05) is 14.2 Å². The molecule has 0 saturated carbocycles. The Bertz CT molecular complexity index is 511. The first-order chi connectivity index (χ1) is 11.0. The van der Waals surface area contributed by atoms with E-state index in [2.05, 4.69) is 45.0 Å². The summed E-state index contributed by atoms with van der Waals surface area (Å²) >= 11 is 0. The smallest absolute Gasteiger partial charge is 0.335 e. The first-order valence-corrected chi connectivity index (χ1v) is 8.28. The number of benzene rings is 1. The van der Waals surface area contributed by atoms with Crippen molar-refractivity contribution in [3.63, 3.8) is 0 Å². The minimum atomic E-state index is -0.469. The van der Waals surface area contributed by atoms with Gasteiger partial charge in [0, 0.05) is 7.11 Å². The summed E-state index contributed by atoms with van der Waals surface area (Å²) in [6, 6.07) is 8.38. The molecule has 0 spiro atoms. The highest BCUT2D eigenvalue weighted by atomic mass is 16.6. The quantitative estimate of drug-likeness (QED) is 0.781. The van der Waals surface area contributed by atoms with Crippen LogP contribution < -0.4 is 0 Å². The monoisotopic (exact) mass is 320 g/mol. The van der Waals surface area contributed by atoms with E-state index in [0.29, 0.717) is 18.4 Å². The van der Waals surface area contributed by atoms with Gasteiger partial charge in [0.05, 0.1) is 19.8 Å². The van der Waals surface area contributed by atoms with E-state index in [1.807, 2.05) is 0 Å². The van der Waals surface area contributed by atoms with E-state index in [9.17, 15) is 4.79 Å². The SMILES string of the molecule is COCc1ccc(C[C@@H]2OC(C(=O)OC)[C@H](C)[C@H](C)C2C)cc1. The average Bonchev–Trinajstić information content (AvgIpc) is 2.56. The van der Waals surface area contributed by atoms with Crippen LogP contribution in [0, 0.1) is 17.8 Å². The number of methoxy groups -OCH3 is 2. The number of carbonyl (C=O) groups is 1. The molecule has 1 fully saturated rings. The van der Waals surface area contributed by atoms with Gasteiger partial charge in [-0.2, -0.15) is 0 Å². The van der Waals surface area contributed by atoms with Crippen molar-refractivity contribution < 1.29 is 19.0 Å². The molecule has 4 nitrogen and oxygen atoms in total. The van der Waals surface area contributed by atoms with Gasteiger partial charge in [-0.25, -0.2) is 4.79 Å². The maximum atomic E-state index is 12.0. The van der Waals surface area contributed by atoms with Gasteiger partial charge in [-0.15, -0.1) is 0 Å². The van der Waals surface area contributed by atoms with Gasteiger partial charge in [0.2, 0.25) is 0 Å². The fourth-order valence-corrected chi connectivity index (χ4v) is 3.32. The number of rotatable bonds is 5. The van der Waals surface area contributed by atoms with E-state index in [0.717, 1.165) is 12.0 Å². The molecule has 1 saturated heterocycles. The molecule has 0 amide bonds. The number of hydrogen-bond donors (Lipinski definition) is 0. The summed E-state index contributed by atoms with van der Waals surface area (Å²) in [7, 11) is 3.12. The lowest BCUT2D eigenvalue weighted by Crippen LogP contribution is -2.49. The number of carbonyl (C=O) groups excluding carboxylic acids is 1. The Morgan fingerprint density at radius 1 is 1.00 bits per heavy atom. The van der Waals surface area contributed by atoms with E-state index < -0.39 is 6.10 Å². The van der Waals surface area contributed by atoms with Crippen LogP contribution in [0.15, 0.2) is 24.3 Å². The van der Waals surface area contributed by atoms with Crippen molar-refractivity contribution in [2.45, 2.75) is 46.0 Å². The highest BCUT2D eigenvalue weighted by Gasteiger charge is 2.42. The Morgan fingerprint density at radius 3 is 2.17 bits per heavy atom. The minimum Gasteiger partial charge on any atom is -0.467 e. The third-order valence-electron chi connectivity index (χ3n) is 5.25. The molecule has 4 heteroatoms. The van der Waals surface area contributed by atoms with Crippen LogP contribution in [0.25, 0.3) is 0 Å². The molecule has 1 aromatic rings. The summed E-state index contributed by atoms with van der Waals surface area (Å²) < 4.78 is 16.2. The second kappa shape index (κ2) is 7.93. The first-order valence-electron chi connectivity index (χ1n) is 8.28. The summed E-state index contributed by atoms with van der Waals surface area (Å²) in [5, 5.41) is 0. The van der Waals surface area contributed by atoms with Crippen LogP contribution in [0.5, 0.6) is 0 Å². The molecule has 2 unspecified atom stereocenters. The molecule has 0 radical (unpaired) electrons. The Labute approximate surface area is 139 Å². The summed E-state index contributed by atoms with van der Waals surface area (Å²) in [4.78, 5) is 12.0. The molecular weight excluding hydrogens is 292 g/mol. The molecule has 0 bridgehead atoms. The van der Waals surface area contributed by atoms with Crippen LogP contribution >= 0.6 is 0 Å². The van der Waals surface area contributed by atoms with Gasteiger partial charge in [-0.3, -0.25) is 0 Å². The van der Waals surface area contributed by atoms with Crippen LogP contribution in [0.2, 0.25) is 0 Å². The van der Waals surface area contributed by atoms with Crippen LogP contribution in [-0.2, 0) is 32.0 Å². The van der Waals surface area contributed by atoms with Crippen molar-refractivity contribution in [2.24, 2.45) is 17.8 Å². The van der Waals surface area contributed by atoms with Crippen molar-refractivity contribution in [3.8, 4) is 0 Å². The highest BCUT2D eigenvalue weighted by molar-refractivity contribution is 5.75. The normalized spacial score (nSPS) is 30.9. The molecule has 2 rings (SSSR count).